The molecule has 1 aromatic carbocycles. The number of hydrogen-bond donors (Lipinski definition) is 0. The lowest BCUT2D eigenvalue weighted by Crippen LogP contribution is -2.39. The molecular formula is C22H32N2O2. The predicted octanol–water partition coefficient (Wildman–Crippen LogP) is 4.50. The van der Waals surface area contributed by atoms with Crippen molar-refractivity contribution in [1.82, 2.24) is 9.80 Å². The highest BCUT2D eigenvalue weighted by Gasteiger charge is 2.25. The van der Waals surface area contributed by atoms with Gasteiger partial charge in [-0.3, -0.25) is 9.59 Å². The maximum atomic E-state index is 12.9. The SMILES string of the molecule is CN(C(=O)c1cccc(C(=O)N(C)C2CCCCC2)c1)C1CCCCC1. The third-order valence-electron chi connectivity index (χ3n) is 6.24. The standard InChI is InChI=1S/C22H32N2O2/c1-23(19-12-5-3-6-13-19)21(25)17-10-9-11-18(16-17)22(26)24(2)20-14-7-4-8-15-20/h9-11,16,19-20H,3-8,12-15H2,1-2H3. The fourth-order valence-electron chi connectivity index (χ4n) is 4.46. The summed E-state index contributed by atoms with van der Waals surface area (Å²) in [5.41, 5.74) is 1.25. The molecule has 0 radical (unpaired) electrons. The summed E-state index contributed by atoms with van der Waals surface area (Å²) in [7, 11) is 3.81. The zero-order valence-electron chi connectivity index (χ0n) is 16.2. The number of rotatable bonds is 4. The number of carbonyl (C=O) groups is 2. The van der Waals surface area contributed by atoms with Crippen LogP contribution in [0.4, 0.5) is 0 Å². The quantitative estimate of drug-likeness (QED) is 0.797. The lowest BCUT2D eigenvalue weighted by atomic mass is 9.93. The molecule has 0 unspecified atom stereocenters. The van der Waals surface area contributed by atoms with Crippen LogP contribution in [0.3, 0.4) is 0 Å². The molecule has 1 aromatic rings. The second kappa shape index (κ2) is 8.70. The van der Waals surface area contributed by atoms with Crippen LogP contribution in [-0.2, 0) is 0 Å². The van der Waals surface area contributed by atoms with E-state index in [0.29, 0.717) is 23.2 Å². The molecule has 0 saturated heterocycles. The van der Waals surface area contributed by atoms with Crippen molar-refractivity contribution in [3.63, 3.8) is 0 Å². The predicted molar refractivity (Wildman–Crippen MR) is 104 cm³/mol. The van der Waals surface area contributed by atoms with Gasteiger partial charge in [-0.05, 0) is 43.9 Å². The first-order chi connectivity index (χ1) is 12.6. The molecule has 0 heterocycles. The minimum absolute atomic E-state index is 0.0341. The molecule has 26 heavy (non-hydrogen) atoms. The molecule has 142 valence electrons. The van der Waals surface area contributed by atoms with Crippen molar-refractivity contribution in [2.24, 2.45) is 0 Å². The largest absolute Gasteiger partial charge is 0.339 e. The van der Waals surface area contributed by atoms with Crippen molar-refractivity contribution >= 4 is 11.8 Å². The molecule has 0 N–H and O–H groups in total. The fourth-order valence-corrected chi connectivity index (χ4v) is 4.46. The molecular weight excluding hydrogens is 324 g/mol. The van der Waals surface area contributed by atoms with Crippen LogP contribution in [0.15, 0.2) is 24.3 Å². The monoisotopic (exact) mass is 356 g/mol. The van der Waals surface area contributed by atoms with Gasteiger partial charge in [0, 0.05) is 37.3 Å². The Balaban J connectivity index is 1.70. The van der Waals surface area contributed by atoms with Gasteiger partial charge in [0.05, 0.1) is 0 Å². The van der Waals surface area contributed by atoms with Crippen LogP contribution in [0.2, 0.25) is 0 Å². The molecule has 4 heteroatoms. The Bertz CT molecular complexity index is 580. The van der Waals surface area contributed by atoms with E-state index in [2.05, 4.69) is 0 Å². The Kier molecular flexibility index (Phi) is 6.33. The van der Waals surface area contributed by atoms with Crippen LogP contribution in [0.25, 0.3) is 0 Å². The minimum Gasteiger partial charge on any atom is -0.339 e. The molecule has 2 aliphatic rings. The number of amides is 2. The molecule has 0 spiro atoms. The van der Waals surface area contributed by atoms with Gasteiger partial charge in [-0.2, -0.15) is 0 Å². The first-order valence-corrected chi connectivity index (χ1v) is 10.2. The highest BCUT2D eigenvalue weighted by Crippen LogP contribution is 2.25. The van der Waals surface area contributed by atoms with Gasteiger partial charge in [0.2, 0.25) is 0 Å². The zero-order valence-corrected chi connectivity index (χ0v) is 16.2. The Morgan fingerprint density at radius 3 is 1.50 bits per heavy atom. The van der Waals surface area contributed by atoms with Gasteiger partial charge in [-0.15, -0.1) is 0 Å². The van der Waals surface area contributed by atoms with Crippen molar-refractivity contribution in [1.29, 1.82) is 0 Å². The van der Waals surface area contributed by atoms with Gasteiger partial charge in [0.1, 0.15) is 0 Å². The summed E-state index contributed by atoms with van der Waals surface area (Å²) in [4.78, 5) is 29.5. The molecule has 0 bridgehead atoms. The average Bonchev–Trinajstić information content (AvgIpc) is 2.73. The molecule has 2 fully saturated rings. The van der Waals surface area contributed by atoms with E-state index in [1.54, 1.807) is 6.07 Å². The zero-order chi connectivity index (χ0) is 18.5. The van der Waals surface area contributed by atoms with Gasteiger partial charge >= 0.3 is 0 Å². The van der Waals surface area contributed by atoms with Gasteiger partial charge in [-0.25, -0.2) is 0 Å². The van der Waals surface area contributed by atoms with E-state index in [1.165, 1.54) is 38.5 Å². The summed E-state index contributed by atoms with van der Waals surface area (Å²) in [6.45, 7) is 0. The summed E-state index contributed by atoms with van der Waals surface area (Å²) in [6, 6.07) is 7.95. The van der Waals surface area contributed by atoms with E-state index in [9.17, 15) is 9.59 Å². The van der Waals surface area contributed by atoms with Crippen molar-refractivity contribution < 1.29 is 9.59 Å². The van der Waals surface area contributed by atoms with E-state index in [-0.39, 0.29) is 11.8 Å². The summed E-state index contributed by atoms with van der Waals surface area (Å²) in [6.07, 6.45) is 11.7. The molecule has 0 aliphatic heterocycles. The Morgan fingerprint density at radius 2 is 1.12 bits per heavy atom. The third kappa shape index (κ3) is 4.28. The second-order valence-electron chi connectivity index (χ2n) is 8.00. The topological polar surface area (TPSA) is 40.6 Å². The lowest BCUT2D eigenvalue weighted by Gasteiger charge is -2.32. The molecule has 4 nitrogen and oxygen atoms in total. The maximum Gasteiger partial charge on any atom is 0.253 e. The van der Waals surface area contributed by atoms with Crippen LogP contribution >= 0.6 is 0 Å². The Morgan fingerprint density at radius 1 is 0.731 bits per heavy atom. The molecule has 0 aromatic heterocycles. The van der Waals surface area contributed by atoms with Crippen molar-refractivity contribution in [2.45, 2.75) is 76.3 Å². The van der Waals surface area contributed by atoms with Crippen LogP contribution in [0.5, 0.6) is 0 Å². The van der Waals surface area contributed by atoms with E-state index in [4.69, 9.17) is 0 Å². The normalized spacial score (nSPS) is 19.2. The Labute approximate surface area is 157 Å². The molecule has 2 saturated carbocycles. The number of hydrogen-bond acceptors (Lipinski definition) is 2. The first kappa shape index (κ1) is 18.9. The van der Waals surface area contributed by atoms with Gasteiger partial charge in [0.25, 0.3) is 11.8 Å². The van der Waals surface area contributed by atoms with E-state index in [0.717, 1.165) is 25.7 Å². The van der Waals surface area contributed by atoms with Crippen LogP contribution in [0.1, 0.15) is 84.9 Å². The second-order valence-corrected chi connectivity index (χ2v) is 8.00. The number of nitrogens with zero attached hydrogens (tertiary/aromatic N) is 2. The Hall–Kier alpha value is -1.84. The summed E-state index contributed by atoms with van der Waals surface area (Å²) < 4.78 is 0. The van der Waals surface area contributed by atoms with Gasteiger partial charge < -0.3 is 9.80 Å². The molecule has 2 aliphatic carbocycles. The van der Waals surface area contributed by atoms with E-state index >= 15 is 0 Å². The van der Waals surface area contributed by atoms with E-state index < -0.39 is 0 Å². The lowest BCUT2D eigenvalue weighted by molar-refractivity contribution is 0.0694. The fraction of sp³-hybridized carbons (Fsp3) is 0.636. The average molecular weight is 357 g/mol. The minimum atomic E-state index is 0.0341. The van der Waals surface area contributed by atoms with Crippen molar-refractivity contribution in [3.05, 3.63) is 35.4 Å². The van der Waals surface area contributed by atoms with Crippen LogP contribution in [-0.4, -0.2) is 47.8 Å². The van der Waals surface area contributed by atoms with E-state index in [1.807, 2.05) is 42.1 Å². The highest BCUT2D eigenvalue weighted by atomic mass is 16.2. The highest BCUT2D eigenvalue weighted by molar-refractivity contribution is 5.99. The molecule has 0 atom stereocenters. The van der Waals surface area contributed by atoms with Gasteiger partial charge in [0.15, 0.2) is 0 Å². The summed E-state index contributed by atoms with van der Waals surface area (Å²) >= 11 is 0. The first-order valence-electron chi connectivity index (χ1n) is 10.2. The van der Waals surface area contributed by atoms with Crippen molar-refractivity contribution in [2.75, 3.05) is 14.1 Å². The third-order valence-corrected chi connectivity index (χ3v) is 6.24. The van der Waals surface area contributed by atoms with Crippen molar-refractivity contribution in [3.8, 4) is 0 Å². The molecule has 2 amide bonds. The molecule has 3 rings (SSSR count). The van der Waals surface area contributed by atoms with Crippen LogP contribution in [0, 0.1) is 0 Å². The summed E-state index contributed by atoms with van der Waals surface area (Å²) in [5, 5.41) is 0. The van der Waals surface area contributed by atoms with Gasteiger partial charge in [-0.1, -0.05) is 44.6 Å². The smallest absolute Gasteiger partial charge is 0.253 e. The van der Waals surface area contributed by atoms with Crippen LogP contribution < -0.4 is 0 Å². The number of benzene rings is 1. The number of carbonyl (C=O) groups excluding carboxylic acids is 2. The summed E-state index contributed by atoms with van der Waals surface area (Å²) in [5.74, 6) is 0.0683. The maximum absolute atomic E-state index is 12.9.